The Morgan fingerprint density at radius 3 is 2.82 bits per heavy atom. The van der Waals surface area contributed by atoms with Gasteiger partial charge in [0.15, 0.2) is 5.71 Å². The van der Waals surface area contributed by atoms with Crippen LogP contribution in [0.25, 0.3) is 0 Å². The molecule has 15 nitrogen and oxygen atoms in total. The Kier molecular flexibility index (Phi) is 8.05. The Bertz CT molecular complexity index is 1290. The number of thioether (sulfide) groups is 2. The molecule has 2 amide bonds. The number of aromatic nitrogens is 4. The van der Waals surface area contributed by atoms with Crippen molar-refractivity contribution >= 4 is 53.2 Å². The molecule has 202 valence electrons. The lowest BCUT2D eigenvalue weighted by molar-refractivity contribution is -0.157. The van der Waals surface area contributed by atoms with Crippen molar-refractivity contribution in [2.24, 2.45) is 17.6 Å². The highest BCUT2D eigenvalue weighted by Crippen LogP contribution is 2.44. The van der Waals surface area contributed by atoms with Crippen molar-refractivity contribution in [3.8, 4) is 5.75 Å². The van der Waals surface area contributed by atoms with Gasteiger partial charge in [0.1, 0.15) is 22.6 Å². The molecule has 2 saturated heterocycles. The van der Waals surface area contributed by atoms with Crippen LogP contribution in [-0.2, 0) is 31.0 Å². The number of tetrazole rings is 1. The van der Waals surface area contributed by atoms with Crippen LogP contribution in [0.1, 0.15) is 12.5 Å². The summed E-state index contributed by atoms with van der Waals surface area (Å²) in [5.41, 5.74) is -1.48. The number of aromatic hydroxyl groups is 1. The van der Waals surface area contributed by atoms with Crippen LogP contribution in [0.2, 0.25) is 0 Å². The van der Waals surface area contributed by atoms with Crippen LogP contribution in [-0.4, -0.2) is 101 Å². The fourth-order valence-electron chi connectivity index (χ4n) is 3.77. The predicted octanol–water partition coefficient (Wildman–Crippen LogP) is 0.0561. The number of carboxylic acids is 1. The number of carboxylic acid groups (broad SMARTS) is 1. The van der Waals surface area contributed by atoms with Crippen molar-refractivity contribution < 1.29 is 39.0 Å². The number of amides is 2. The van der Waals surface area contributed by atoms with E-state index in [9.17, 15) is 29.4 Å². The molecule has 3 N–H and O–H groups in total. The van der Waals surface area contributed by atoms with Crippen molar-refractivity contribution in [3.05, 3.63) is 29.8 Å². The number of carbonyl (C=O) groups excluding carboxylic acids is 3. The quantitative estimate of drug-likeness (QED) is 0.0921. The van der Waals surface area contributed by atoms with Gasteiger partial charge in [0, 0.05) is 30.7 Å². The summed E-state index contributed by atoms with van der Waals surface area (Å²) in [7, 11) is 1.64. The summed E-state index contributed by atoms with van der Waals surface area (Å²) in [6.07, 6.45) is -1.13. The van der Waals surface area contributed by atoms with E-state index in [1.807, 2.05) is 0 Å². The maximum Gasteiger partial charge on any atom is 0.535 e. The maximum atomic E-state index is 13.1. The molecule has 1 aromatic carbocycles. The van der Waals surface area contributed by atoms with Gasteiger partial charge in [-0.2, -0.15) is 0 Å². The Balaban J connectivity index is 1.46. The second-order valence-electron chi connectivity index (χ2n) is 8.34. The van der Waals surface area contributed by atoms with Gasteiger partial charge in [-0.1, -0.05) is 29.1 Å². The summed E-state index contributed by atoms with van der Waals surface area (Å²) in [5.74, 6) is -2.20. The van der Waals surface area contributed by atoms with E-state index in [0.29, 0.717) is 5.16 Å². The van der Waals surface area contributed by atoms with Crippen molar-refractivity contribution in [1.82, 2.24) is 30.4 Å². The molecule has 3 heterocycles. The molecule has 0 saturated carbocycles. The zero-order valence-corrected chi connectivity index (χ0v) is 21.8. The standard InChI is InChI=1S/C21H23N7O8S2/c1-3-35-20(34)36-24-13(11-5-4-6-12(29)7-11)15(30)22-14-16(31)28-8-21(18(32)33,9-37-17(14)28)10-38-19-23-25-26-27(19)2/h4-7,14,17,29H,3,8-10H2,1-2H3,(H,22,30)(H,32,33)/t14?,17-,21?/m1/s1. The van der Waals surface area contributed by atoms with Gasteiger partial charge in [0.25, 0.3) is 5.91 Å². The predicted molar refractivity (Wildman–Crippen MR) is 132 cm³/mol. The van der Waals surface area contributed by atoms with E-state index >= 15 is 0 Å². The molecule has 2 aromatic rings. The number of nitrogens with zero attached hydrogens (tertiary/aromatic N) is 6. The molecule has 38 heavy (non-hydrogen) atoms. The highest BCUT2D eigenvalue weighted by atomic mass is 32.2. The smallest absolute Gasteiger partial charge is 0.508 e. The Hall–Kier alpha value is -3.86. The van der Waals surface area contributed by atoms with Crippen LogP contribution in [0.5, 0.6) is 5.75 Å². The summed E-state index contributed by atoms with van der Waals surface area (Å²) >= 11 is 2.41. The number of aryl methyl sites for hydroxylation is 1. The average molecular weight is 566 g/mol. The number of phenolic OH excluding ortho intramolecular Hbond substituents is 1. The summed E-state index contributed by atoms with van der Waals surface area (Å²) in [6.45, 7) is 1.54. The van der Waals surface area contributed by atoms with Crippen molar-refractivity contribution in [1.29, 1.82) is 0 Å². The zero-order valence-electron chi connectivity index (χ0n) is 20.1. The van der Waals surface area contributed by atoms with Gasteiger partial charge in [-0.15, -0.1) is 16.9 Å². The zero-order chi connectivity index (χ0) is 27.4. The Morgan fingerprint density at radius 2 is 2.16 bits per heavy atom. The summed E-state index contributed by atoms with van der Waals surface area (Å²) in [4.78, 5) is 55.9. The summed E-state index contributed by atoms with van der Waals surface area (Å²) in [5, 5.41) is 37.0. The minimum absolute atomic E-state index is 0.0269. The fourth-order valence-corrected chi connectivity index (χ4v) is 6.48. The number of carbonyl (C=O) groups is 4. The second kappa shape index (κ2) is 11.3. The monoisotopic (exact) mass is 565 g/mol. The second-order valence-corrected chi connectivity index (χ2v) is 10.4. The van der Waals surface area contributed by atoms with E-state index < -0.39 is 40.8 Å². The van der Waals surface area contributed by atoms with Crippen LogP contribution < -0.4 is 5.32 Å². The molecule has 0 aliphatic carbocycles. The highest BCUT2D eigenvalue weighted by Gasteiger charge is 2.57. The van der Waals surface area contributed by atoms with Crippen molar-refractivity contribution in [3.63, 3.8) is 0 Å². The summed E-state index contributed by atoms with van der Waals surface area (Å²) in [6, 6.07) is 4.59. The fraction of sp³-hybridized carbons (Fsp3) is 0.429. The number of phenols is 1. The largest absolute Gasteiger partial charge is 0.535 e. The van der Waals surface area contributed by atoms with Gasteiger partial charge in [-0.25, -0.2) is 9.48 Å². The minimum Gasteiger partial charge on any atom is -0.508 e. The third kappa shape index (κ3) is 5.52. The van der Waals surface area contributed by atoms with E-state index in [1.54, 1.807) is 14.0 Å². The van der Waals surface area contributed by atoms with Gasteiger partial charge < -0.3 is 25.2 Å². The highest BCUT2D eigenvalue weighted by molar-refractivity contribution is 8.00. The molecule has 0 spiro atoms. The molecule has 4 rings (SSSR count). The first kappa shape index (κ1) is 27.2. The lowest BCUT2D eigenvalue weighted by Crippen LogP contribution is -2.74. The number of fused-ring (bicyclic) bond motifs is 1. The van der Waals surface area contributed by atoms with E-state index in [4.69, 9.17) is 0 Å². The van der Waals surface area contributed by atoms with E-state index in [2.05, 4.69) is 35.6 Å². The minimum atomic E-state index is -1.25. The Morgan fingerprint density at radius 1 is 1.37 bits per heavy atom. The van der Waals surface area contributed by atoms with Gasteiger partial charge >= 0.3 is 12.1 Å². The molecular formula is C21H23N7O8S2. The van der Waals surface area contributed by atoms with Crippen LogP contribution in [0.4, 0.5) is 4.79 Å². The van der Waals surface area contributed by atoms with Crippen LogP contribution in [0.15, 0.2) is 34.6 Å². The van der Waals surface area contributed by atoms with Crippen molar-refractivity contribution in [2.45, 2.75) is 23.5 Å². The van der Waals surface area contributed by atoms with E-state index in [1.165, 1.54) is 57.4 Å². The molecule has 1 aromatic heterocycles. The third-order valence-electron chi connectivity index (χ3n) is 5.75. The number of β-lactam (4-membered cyclic amide) rings is 1. The molecule has 0 radical (unpaired) electrons. The van der Waals surface area contributed by atoms with Gasteiger partial charge in [-0.05, 0) is 29.5 Å². The molecule has 2 fully saturated rings. The van der Waals surface area contributed by atoms with Crippen molar-refractivity contribution in [2.75, 3.05) is 24.7 Å². The molecular weight excluding hydrogens is 542 g/mol. The molecule has 2 unspecified atom stereocenters. The number of hydrogen-bond donors (Lipinski definition) is 3. The van der Waals surface area contributed by atoms with Gasteiger partial charge in [0.2, 0.25) is 11.1 Å². The topological polar surface area (TPSA) is 198 Å². The number of benzene rings is 1. The van der Waals surface area contributed by atoms with Crippen LogP contribution >= 0.6 is 23.5 Å². The maximum absolute atomic E-state index is 13.1. The molecule has 3 atom stereocenters. The van der Waals surface area contributed by atoms with E-state index in [0.717, 1.165) is 0 Å². The molecule has 2 aliphatic rings. The molecule has 0 bridgehead atoms. The van der Waals surface area contributed by atoms with Crippen LogP contribution in [0.3, 0.4) is 0 Å². The Labute approximate surface area is 223 Å². The number of hydrogen-bond acceptors (Lipinski definition) is 13. The first-order valence-corrected chi connectivity index (χ1v) is 13.2. The molecule has 17 heteroatoms. The lowest BCUT2D eigenvalue weighted by atomic mass is 9.89. The van der Waals surface area contributed by atoms with Gasteiger partial charge in [-0.3, -0.25) is 19.2 Å². The number of oxime groups is 1. The van der Waals surface area contributed by atoms with Gasteiger partial charge in [0.05, 0.1) is 6.61 Å². The molecule has 2 aliphatic heterocycles. The number of aliphatic carboxylic acids is 1. The SMILES string of the molecule is CCOC(=O)ON=C(C(=O)NC1C(=O)N2CC(CSc3nnnn3C)(C(=O)O)CS[C@H]12)c1cccc(O)c1. The third-order valence-corrected chi connectivity index (χ3v) is 8.64. The number of nitrogens with one attached hydrogen (secondary N) is 1. The lowest BCUT2D eigenvalue weighted by Gasteiger charge is -2.53. The average Bonchev–Trinajstić information content (AvgIpc) is 3.30. The first-order chi connectivity index (χ1) is 18.1. The normalized spacial score (nSPS) is 22.7. The van der Waals surface area contributed by atoms with E-state index in [-0.39, 0.29) is 41.7 Å². The van der Waals surface area contributed by atoms with Crippen LogP contribution in [0, 0.1) is 5.41 Å². The summed E-state index contributed by atoms with van der Waals surface area (Å²) < 4.78 is 6.07. The first-order valence-electron chi connectivity index (χ1n) is 11.2. The number of rotatable bonds is 9. The number of ether oxygens (including phenoxy) is 1.